The molecule has 1 radical (unpaired) electrons. The van der Waals surface area contributed by atoms with Crippen LogP contribution in [0.15, 0.2) is 0 Å². The summed E-state index contributed by atoms with van der Waals surface area (Å²) in [5.41, 5.74) is 0. The maximum Gasteiger partial charge on any atom is 0 e. The van der Waals surface area contributed by atoms with Gasteiger partial charge in [0.25, 0.3) is 0 Å². The van der Waals surface area contributed by atoms with Crippen LogP contribution in [-0.2, 0) is 22.4 Å². The first-order valence-corrected chi connectivity index (χ1v) is 3.00. The monoisotopic (exact) mass is 197 g/mol. The zero-order valence-corrected chi connectivity index (χ0v) is 7.78. The van der Waals surface area contributed by atoms with Crippen LogP contribution >= 0.6 is 0 Å². The average Bonchev–Trinajstić information content (AvgIpc) is 1.81. The zero-order valence-electron chi connectivity index (χ0n) is 6.30. The fourth-order valence-corrected chi connectivity index (χ4v) is 0. The topological polar surface area (TPSA) is 0 Å². The minimum Gasteiger partial charge on any atom is -0.0683 e. The molecule has 0 nitrogen and oxygen atoms in total. The summed E-state index contributed by atoms with van der Waals surface area (Å²) in [6.07, 6.45) is 0. The molecular weight excluding hydrogens is 180 g/mol. The molecule has 0 aliphatic heterocycles. The fourth-order valence-electron chi connectivity index (χ4n) is 0. The third-order valence-corrected chi connectivity index (χ3v) is 0. The van der Waals surface area contributed by atoms with Crippen LogP contribution in [0.5, 0.6) is 0 Å². The Kier molecular flexibility index (Phi) is 1460. The van der Waals surface area contributed by atoms with E-state index < -0.39 is 0 Å². The van der Waals surface area contributed by atoms with Crippen molar-refractivity contribution in [2.75, 3.05) is 0 Å². The van der Waals surface area contributed by atoms with Gasteiger partial charge in [-0.1, -0.05) is 41.5 Å². The van der Waals surface area contributed by atoms with E-state index in [0.717, 1.165) is 0 Å². The van der Waals surface area contributed by atoms with Gasteiger partial charge < -0.3 is 0 Å². The van der Waals surface area contributed by atoms with Crippen LogP contribution in [0.3, 0.4) is 0 Å². The molecule has 53 valence electrons. The van der Waals surface area contributed by atoms with Gasteiger partial charge in [0.1, 0.15) is 0 Å². The molecule has 0 aromatic rings. The van der Waals surface area contributed by atoms with Gasteiger partial charge in [-0.2, -0.15) is 0 Å². The van der Waals surface area contributed by atoms with E-state index in [2.05, 4.69) is 0 Å². The normalized spacial score (nSPS) is 2.57. The average molecular weight is 198 g/mol. The third-order valence-electron chi connectivity index (χ3n) is 0. The molecule has 0 heterocycles. The maximum atomic E-state index is 2.00. The van der Waals surface area contributed by atoms with Crippen LogP contribution in [-0.4, -0.2) is 0 Å². The minimum absolute atomic E-state index is 0. The van der Waals surface area contributed by atoms with Crippen LogP contribution in [0, 0.1) is 0 Å². The first kappa shape index (κ1) is 25.1. The standard InChI is InChI=1S/3C2H6.Ag/c3*1-2;/h3*1-2H3;. The van der Waals surface area contributed by atoms with E-state index in [4.69, 9.17) is 0 Å². The number of hydrogen-bond acceptors (Lipinski definition) is 0. The molecule has 0 rings (SSSR count). The van der Waals surface area contributed by atoms with Gasteiger partial charge in [0, 0.05) is 22.4 Å². The molecule has 7 heavy (non-hydrogen) atoms. The Hall–Kier alpha value is 0.740. The van der Waals surface area contributed by atoms with Crippen molar-refractivity contribution in [2.24, 2.45) is 0 Å². The molecule has 0 aromatic heterocycles. The van der Waals surface area contributed by atoms with Crippen LogP contribution in [0.1, 0.15) is 41.5 Å². The molecule has 0 atom stereocenters. The summed E-state index contributed by atoms with van der Waals surface area (Å²) in [5, 5.41) is 0. The Morgan fingerprint density at radius 1 is 0.429 bits per heavy atom. The molecule has 0 saturated carbocycles. The van der Waals surface area contributed by atoms with Crippen LogP contribution in [0.2, 0.25) is 0 Å². The molecule has 0 amide bonds. The van der Waals surface area contributed by atoms with Gasteiger partial charge in [0.05, 0.1) is 0 Å². The van der Waals surface area contributed by atoms with Gasteiger partial charge in [-0.25, -0.2) is 0 Å². The summed E-state index contributed by atoms with van der Waals surface area (Å²) in [6, 6.07) is 0. The van der Waals surface area contributed by atoms with Crippen molar-refractivity contribution in [3.05, 3.63) is 0 Å². The number of hydrogen-bond donors (Lipinski definition) is 0. The van der Waals surface area contributed by atoms with Gasteiger partial charge in [0.2, 0.25) is 0 Å². The van der Waals surface area contributed by atoms with Gasteiger partial charge in [0.15, 0.2) is 0 Å². The molecule has 0 aliphatic carbocycles. The molecule has 0 fully saturated rings. The summed E-state index contributed by atoms with van der Waals surface area (Å²) in [7, 11) is 0. The molecular formula is C6H18Ag. The van der Waals surface area contributed by atoms with E-state index in [0.29, 0.717) is 0 Å². The van der Waals surface area contributed by atoms with E-state index in [1.807, 2.05) is 41.5 Å². The summed E-state index contributed by atoms with van der Waals surface area (Å²) in [4.78, 5) is 0. The molecule has 0 spiro atoms. The van der Waals surface area contributed by atoms with Crippen molar-refractivity contribution in [3.8, 4) is 0 Å². The van der Waals surface area contributed by atoms with Crippen molar-refractivity contribution >= 4 is 0 Å². The summed E-state index contributed by atoms with van der Waals surface area (Å²) < 4.78 is 0. The smallest absolute Gasteiger partial charge is 0 e. The summed E-state index contributed by atoms with van der Waals surface area (Å²) >= 11 is 0. The quantitative estimate of drug-likeness (QED) is 0.524. The van der Waals surface area contributed by atoms with Crippen LogP contribution in [0.25, 0.3) is 0 Å². The first-order chi connectivity index (χ1) is 3.00. The van der Waals surface area contributed by atoms with Crippen LogP contribution in [0.4, 0.5) is 0 Å². The fraction of sp³-hybridized carbons (Fsp3) is 1.00. The Morgan fingerprint density at radius 3 is 0.429 bits per heavy atom. The van der Waals surface area contributed by atoms with Gasteiger partial charge in [-0.15, -0.1) is 0 Å². The largest absolute Gasteiger partial charge is 0.0683 e. The van der Waals surface area contributed by atoms with E-state index in [9.17, 15) is 0 Å². The molecule has 0 bridgehead atoms. The van der Waals surface area contributed by atoms with Crippen molar-refractivity contribution < 1.29 is 22.4 Å². The minimum atomic E-state index is 0. The second-order valence-corrected chi connectivity index (χ2v) is 0. The molecule has 0 unspecified atom stereocenters. The Bertz CT molecular complexity index is 4.14. The van der Waals surface area contributed by atoms with Gasteiger partial charge in [-0.05, 0) is 0 Å². The molecule has 0 aromatic carbocycles. The Balaban J connectivity index is -0.00000000900. The van der Waals surface area contributed by atoms with Crippen molar-refractivity contribution in [2.45, 2.75) is 41.5 Å². The van der Waals surface area contributed by atoms with Gasteiger partial charge >= 0.3 is 0 Å². The number of rotatable bonds is 0. The van der Waals surface area contributed by atoms with Crippen molar-refractivity contribution in [1.82, 2.24) is 0 Å². The molecule has 0 saturated heterocycles. The zero-order chi connectivity index (χ0) is 6.00. The Morgan fingerprint density at radius 2 is 0.429 bits per heavy atom. The van der Waals surface area contributed by atoms with E-state index in [-0.39, 0.29) is 22.4 Å². The SMILES string of the molecule is CC.CC.CC.[Ag]. The maximum absolute atomic E-state index is 2.00. The summed E-state index contributed by atoms with van der Waals surface area (Å²) in [6.45, 7) is 12.0. The predicted molar refractivity (Wildman–Crippen MR) is 34.0 cm³/mol. The molecule has 0 aliphatic rings. The van der Waals surface area contributed by atoms with Crippen molar-refractivity contribution in [1.29, 1.82) is 0 Å². The molecule has 0 N–H and O–H groups in total. The van der Waals surface area contributed by atoms with Gasteiger partial charge in [-0.3, -0.25) is 0 Å². The Labute approximate surface area is 64.2 Å². The molecule has 1 heteroatoms. The van der Waals surface area contributed by atoms with E-state index >= 15 is 0 Å². The second kappa shape index (κ2) is 405. The van der Waals surface area contributed by atoms with Crippen molar-refractivity contribution in [3.63, 3.8) is 0 Å². The third kappa shape index (κ3) is 276. The van der Waals surface area contributed by atoms with E-state index in [1.165, 1.54) is 0 Å². The second-order valence-electron chi connectivity index (χ2n) is 0. The van der Waals surface area contributed by atoms with E-state index in [1.54, 1.807) is 0 Å². The predicted octanol–water partition coefficient (Wildman–Crippen LogP) is 3.08. The first-order valence-electron chi connectivity index (χ1n) is 3.00. The summed E-state index contributed by atoms with van der Waals surface area (Å²) in [5.74, 6) is 0. The van der Waals surface area contributed by atoms with Crippen LogP contribution < -0.4 is 0 Å².